The van der Waals surface area contributed by atoms with Crippen molar-refractivity contribution in [1.82, 2.24) is 15.5 Å². The molecule has 2 N–H and O–H groups in total. The molecule has 0 spiro atoms. The molecule has 0 radical (unpaired) electrons. The van der Waals surface area contributed by atoms with E-state index in [0.717, 1.165) is 58.3 Å². The largest absolute Gasteiger partial charge is 0.385 e. The summed E-state index contributed by atoms with van der Waals surface area (Å²) in [5, 5.41) is 6.99. The molecule has 0 amide bonds. The predicted molar refractivity (Wildman–Crippen MR) is 138 cm³/mol. The maximum atomic E-state index is 5.66. The zero-order chi connectivity index (χ0) is 21.2. The van der Waals surface area contributed by atoms with Gasteiger partial charge in [-0.1, -0.05) is 30.7 Å². The van der Waals surface area contributed by atoms with Crippen LogP contribution in [0.3, 0.4) is 0 Å². The SMILES string of the molecule is CCNC(=NCc1cccc(CN2CCOC(C)C2)c1)NCC1(CCOC)CCC1.I. The Morgan fingerprint density at radius 3 is 2.77 bits per heavy atom. The van der Waals surface area contributed by atoms with E-state index in [1.165, 1.54) is 30.4 Å². The van der Waals surface area contributed by atoms with E-state index < -0.39 is 0 Å². The molecule has 1 aromatic carbocycles. The Morgan fingerprint density at radius 2 is 2.10 bits per heavy atom. The molecule has 1 saturated carbocycles. The molecule has 2 aliphatic rings. The van der Waals surface area contributed by atoms with Crippen molar-refractivity contribution in [2.45, 2.75) is 58.7 Å². The molecular weight excluding hydrogens is 503 g/mol. The fourth-order valence-corrected chi connectivity index (χ4v) is 4.41. The number of methoxy groups -OCH3 is 1. The van der Waals surface area contributed by atoms with Crippen molar-refractivity contribution in [2.24, 2.45) is 10.4 Å². The Kier molecular flexibility index (Phi) is 11.6. The van der Waals surface area contributed by atoms with E-state index in [-0.39, 0.29) is 24.0 Å². The minimum absolute atomic E-state index is 0. The van der Waals surface area contributed by atoms with Crippen LogP contribution < -0.4 is 10.6 Å². The van der Waals surface area contributed by atoms with Gasteiger partial charge >= 0.3 is 0 Å². The summed E-state index contributed by atoms with van der Waals surface area (Å²) >= 11 is 0. The van der Waals surface area contributed by atoms with Crippen LogP contribution in [-0.4, -0.2) is 63.5 Å². The number of benzene rings is 1. The zero-order valence-electron chi connectivity index (χ0n) is 19.5. The van der Waals surface area contributed by atoms with Gasteiger partial charge in [-0.3, -0.25) is 4.90 Å². The zero-order valence-corrected chi connectivity index (χ0v) is 21.8. The average Bonchev–Trinajstić information content (AvgIpc) is 2.71. The molecule has 176 valence electrons. The maximum absolute atomic E-state index is 5.66. The lowest BCUT2D eigenvalue weighted by Gasteiger charge is -2.42. The van der Waals surface area contributed by atoms with Crippen molar-refractivity contribution >= 4 is 29.9 Å². The lowest BCUT2D eigenvalue weighted by atomic mass is 9.67. The molecule has 7 heteroatoms. The molecule has 1 aromatic rings. The van der Waals surface area contributed by atoms with Gasteiger partial charge in [-0.15, -0.1) is 24.0 Å². The number of hydrogen-bond donors (Lipinski definition) is 2. The Labute approximate surface area is 205 Å². The van der Waals surface area contributed by atoms with Gasteiger partial charge in [-0.05, 0) is 49.7 Å². The molecule has 6 nitrogen and oxygen atoms in total. The Bertz CT molecular complexity index is 681. The first kappa shape index (κ1) is 26.4. The van der Waals surface area contributed by atoms with E-state index in [1.807, 2.05) is 0 Å². The highest BCUT2D eigenvalue weighted by Gasteiger charge is 2.36. The number of aliphatic imine (C=N–C) groups is 1. The summed E-state index contributed by atoms with van der Waals surface area (Å²) in [5.74, 6) is 0.911. The summed E-state index contributed by atoms with van der Waals surface area (Å²) < 4.78 is 11.0. The minimum atomic E-state index is 0. The van der Waals surface area contributed by atoms with Crippen LogP contribution in [-0.2, 0) is 22.6 Å². The van der Waals surface area contributed by atoms with Gasteiger partial charge < -0.3 is 20.1 Å². The van der Waals surface area contributed by atoms with Crippen molar-refractivity contribution in [2.75, 3.05) is 46.5 Å². The summed E-state index contributed by atoms with van der Waals surface area (Å²) in [6, 6.07) is 8.83. The minimum Gasteiger partial charge on any atom is -0.385 e. The monoisotopic (exact) mass is 544 g/mol. The Morgan fingerprint density at radius 1 is 1.29 bits per heavy atom. The standard InChI is InChI=1S/C24H40N4O2.HI/c1-4-25-23(27-19-24(9-6-10-24)11-13-29-3)26-16-21-7-5-8-22(15-21)18-28-12-14-30-20(2)17-28;/h5,7-8,15,20H,4,6,9-14,16-19H2,1-3H3,(H2,25,26,27);1H. The van der Waals surface area contributed by atoms with Crippen LogP contribution in [0.4, 0.5) is 0 Å². The Balaban J connectivity index is 0.00000341. The molecular formula is C24H41IN4O2. The number of hydrogen-bond acceptors (Lipinski definition) is 4. The van der Waals surface area contributed by atoms with Crippen LogP contribution in [0.15, 0.2) is 29.3 Å². The van der Waals surface area contributed by atoms with E-state index in [2.05, 4.69) is 53.6 Å². The van der Waals surface area contributed by atoms with Gasteiger partial charge in [-0.25, -0.2) is 4.99 Å². The summed E-state index contributed by atoms with van der Waals surface area (Å²) in [6.07, 6.45) is 5.34. The highest BCUT2D eigenvalue weighted by atomic mass is 127. The second-order valence-corrected chi connectivity index (χ2v) is 8.88. The number of nitrogens with one attached hydrogen (secondary N) is 2. The van der Waals surface area contributed by atoms with Gasteiger partial charge in [0, 0.05) is 46.4 Å². The third-order valence-electron chi connectivity index (χ3n) is 6.37. The van der Waals surface area contributed by atoms with Gasteiger partial charge in [0.2, 0.25) is 0 Å². The van der Waals surface area contributed by atoms with Crippen LogP contribution in [0.25, 0.3) is 0 Å². The summed E-state index contributed by atoms with van der Waals surface area (Å²) in [5.41, 5.74) is 2.98. The summed E-state index contributed by atoms with van der Waals surface area (Å²) in [4.78, 5) is 7.33. The van der Waals surface area contributed by atoms with Crippen molar-refractivity contribution in [1.29, 1.82) is 0 Å². The first-order chi connectivity index (χ1) is 14.6. The smallest absolute Gasteiger partial charge is 0.191 e. The molecule has 1 unspecified atom stereocenters. The van der Waals surface area contributed by atoms with Crippen LogP contribution in [0.1, 0.15) is 50.7 Å². The van der Waals surface area contributed by atoms with Crippen molar-refractivity contribution in [3.8, 4) is 0 Å². The molecule has 1 aliphatic carbocycles. The van der Waals surface area contributed by atoms with Gasteiger partial charge in [0.25, 0.3) is 0 Å². The molecule has 0 aromatic heterocycles. The fraction of sp³-hybridized carbons (Fsp3) is 0.708. The van der Waals surface area contributed by atoms with Crippen molar-refractivity contribution in [3.05, 3.63) is 35.4 Å². The van der Waals surface area contributed by atoms with Gasteiger partial charge in [0.15, 0.2) is 5.96 Å². The highest BCUT2D eigenvalue weighted by molar-refractivity contribution is 14.0. The topological polar surface area (TPSA) is 58.1 Å². The van der Waals surface area contributed by atoms with Crippen LogP contribution in [0.5, 0.6) is 0 Å². The number of nitrogens with zero attached hydrogens (tertiary/aromatic N) is 2. The lowest BCUT2D eigenvalue weighted by Crippen LogP contribution is -2.46. The molecule has 1 saturated heterocycles. The first-order valence-electron chi connectivity index (χ1n) is 11.6. The lowest BCUT2D eigenvalue weighted by molar-refractivity contribution is -0.0212. The van der Waals surface area contributed by atoms with E-state index in [9.17, 15) is 0 Å². The van der Waals surface area contributed by atoms with Crippen molar-refractivity contribution in [3.63, 3.8) is 0 Å². The van der Waals surface area contributed by atoms with E-state index >= 15 is 0 Å². The van der Waals surface area contributed by atoms with E-state index in [4.69, 9.17) is 14.5 Å². The molecule has 1 aliphatic heterocycles. The number of halogens is 1. The van der Waals surface area contributed by atoms with Crippen LogP contribution >= 0.6 is 24.0 Å². The predicted octanol–water partition coefficient (Wildman–Crippen LogP) is 3.79. The number of rotatable bonds is 10. The summed E-state index contributed by atoms with van der Waals surface area (Å²) in [7, 11) is 1.79. The average molecular weight is 545 g/mol. The third kappa shape index (κ3) is 8.51. The quantitative estimate of drug-likeness (QED) is 0.267. The maximum Gasteiger partial charge on any atom is 0.191 e. The Hall–Kier alpha value is -0.900. The molecule has 1 heterocycles. The number of guanidine groups is 1. The van der Waals surface area contributed by atoms with Crippen LogP contribution in [0, 0.1) is 5.41 Å². The molecule has 1 atom stereocenters. The van der Waals surface area contributed by atoms with Crippen molar-refractivity contribution < 1.29 is 9.47 Å². The number of ether oxygens (including phenoxy) is 2. The number of morpholine rings is 1. The molecule has 2 fully saturated rings. The molecule has 31 heavy (non-hydrogen) atoms. The fourth-order valence-electron chi connectivity index (χ4n) is 4.41. The van der Waals surface area contributed by atoms with Gasteiger partial charge in [-0.2, -0.15) is 0 Å². The van der Waals surface area contributed by atoms with E-state index in [1.54, 1.807) is 7.11 Å². The second kappa shape index (κ2) is 13.6. The molecule has 0 bridgehead atoms. The second-order valence-electron chi connectivity index (χ2n) is 8.88. The van der Waals surface area contributed by atoms with Gasteiger partial charge in [0.05, 0.1) is 19.3 Å². The highest BCUT2D eigenvalue weighted by Crippen LogP contribution is 2.43. The normalized spacial score (nSPS) is 21.1. The molecule has 3 rings (SSSR count). The first-order valence-corrected chi connectivity index (χ1v) is 11.6. The third-order valence-corrected chi connectivity index (χ3v) is 6.37. The van der Waals surface area contributed by atoms with Crippen LogP contribution in [0.2, 0.25) is 0 Å². The summed E-state index contributed by atoms with van der Waals surface area (Å²) in [6.45, 7) is 11.4. The van der Waals surface area contributed by atoms with E-state index in [0.29, 0.717) is 18.1 Å². The van der Waals surface area contributed by atoms with Gasteiger partial charge in [0.1, 0.15) is 0 Å².